The van der Waals surface area contributed by atoms with E-state index in [1.165, 1.54) is 0 Å². The largest absolute Gasteiger partial charge is 0.481 e. The van der Waals surface area contributed by atoms with Crippen molar-refractivity contribution in [1.29, 1.82) is 0 Å². The maximum absolute atomic E-state index is 11.5. The highest BCUT2D eigenvalue weighted by atomic mass is 16.5. The third-order valence-electron chi connectivity index (χ3n) is 4.96. The number of carboxylic acids is 1. The van der Waals surface area contributed by atoms with Crippen LogP contribution < -0.4 is 0 Å². The van der Waals surface area contributed by atoms with Crippen LogP contribution in [0.4, 0.5) is 0 Å². The fourth-order valence-electron chi connectivity index (χ4n) is 3.37. The summed E-state index contributed by atoms with van der Waals surface area (Å²) in [6.07, 6.45) is 2.45. The maximum Gasteiger partial charge on any atom is 0.307 e. The lowest BCUT2D eigenvalue weighted by molar-refractivity contribution is -0.145. The van der Waals surface area contributed by atoms with Crippen molar-refractivity contribution in [3.63, 3.8) is 0 Å². The topological polar surface area (TPSA) is 79.5 Å². The van der Waals surface area contributed by atoms with Crippen LogP contribution >= 0.6 is 0 Å². The van der Waals surface area contributed by atoms with Crippen molar-refractivity contribution in [2.75, 3.05) is 13.1 Å². The van der Waals surface area contributed by atoms with Crippen molar-refractivity contribution in [3.05, 3.63) is 36.2 Å². The molecule has 2 atom stereocenters. The van der Waals surface area contributed by atoms with E-state index in [0.717, 1.165) is 24.4 Å². The molecule has 1 saturated heterocycles. The van der Waals surface area contributed by atoms with E-state index in [2.05, 4.69) is 35.8 Å². The number of pyridine rings is 1. The summed E-state index contributed by atoms with van der Waals surface area (Å²) >= 11 is 0. The van der Waals surface area contributed by atoms with Crippen molar-refractivity contribution in [2.24, 2.45) is 17.3 Å². The van der Waals surface area contributed by atoms with Crippen LogP contribution in [0.2, 0.25) is 0 Å². The fraction of sp³-hybridized carbons (Fsp3) is 0.526. The number of hydrogen-bond acceptors (Lipinski definition) is 5. The minimum atomic E-state index is -0.715. The zero-order chi connectivity index (χ0) is 18.0. The molecule has 2 unspecified atom stereocenters. The highest BCUT2D eigenvalue weighted by Gasteiger charge is 2.37. The van der Waals surface area contributed by atoms with E-state index in [9.17, 15) is 9.90 Å². The Hall–Kier alpha value is -2.21. The molecule has 134 valence electrons. The normalized spacial score (nSPS) is 22.0. The molecule has 0 spiro atoms. The molecule has 3 rings (SSSR count). The second-order valence-electron chi connectivity index (χ2n) is 7.93. The van der Waals surface area contributed by atoms with Crippen molar-refractivity contribution >= 4 is 5.97 Å². The molecule has 1 fully saturated rings. The van der Waals surface area contributed by atoms with Crippen molar-refractivity contribution in [3.8, 4) is 11.5 Å². The number of likely N-dealkylation sites (tertiary alicyclic amines) is 1. The number of piperidine rings is 1. The third-order valence-corrected chi connectivity index (χ3v) is 4.96. The first-order chi connectivity index (χ1) is 11.8. The number of aliphatic carboxylic acids is 1. The smallest absolute Gasteiger partial charge is 0.307 e. The molecular weight excluding hydrogens is 318 g/mol. The lowest BCUT2D eigenvalue weighted by Crippen LogP contribution is -2.46. The quantitative estimate of drug-likeness (QED) is 0.917. The van der Waals surface area contributed by atoms with Crippen LogP contribution in [-0.2, 0) is 11.3 Å². The van der Waals surface area contributed by atoms with E-state index in [1.807, 2.05) is 24.3 Å². The zero-order valence-corrected chi connectivity index (χ0v) is 15.0. The summed E-state index contributed by atoms with van der Waals surface area (Å²) in [6.45, 7) is 8.54. The van der Waals surface area contributed by atoms with Crippen molar-refractivity contribution < 1.29 is 14.4 Å². The Kier molecular flexibility index (Phi) is 4.90. The van der Waals surface area contributed by atoms with Crippen LogP contribution in [0.1, 0.15) is 32.9 Å². The third kappa shape index (κ3) is 4.25. The van der Waals surface area contributed by atoms with Gasteiger partial charge in [0.15, 0.2) is 5.76 Å². The van der Waals surface area contributed by atoms with Gasteiger partial charge in [-0.1, -0.05) is 32.0 Å². The molecule has 2 aromatic heterocycles. The molecule has 0 amide bonds. The van der Waals surface area contributed by atoms with E-state index in [-0.39, 0.29) is 11.3 Å². The van der Waals surface area contributed by atoms with Crippen LogP contribution in [0.5, 0.6) is 0 Å². The van der Waals surface area contributed by atoms with Crippen LogP contribution in [0.15, 0.2) is 35.0 Å². The molecule has 1 aliphatic rings. The zero-order valence-electron chi connectivity index (χ0n) is 15.0. The molecule has 1 N–H and O–H groups in total. The van der Waals surface area contributed by atoms with Gasteiger partial charge in [0.1, 0.15) is 5.69 Å². The molecule has 25 heavy (non-hydrogen) atoms. The standard InChI is InChI=1S/C19H25N3O3/c1-19(2,3)14-8-13(18(23)24)10-22(11-14)12-15-9-17(25-21-15)16-6-4-5-7-20-16/h4-7,9,13-14H,8,10-12H2,1-3H3,(H,23,24). The Labute approximate surface area is 147 Å². The fourth-order valence-corrected chi connectivity index (χ4v) is 3.37. The summed E-state index contributed by atoms with van der Waals surface area (Å²) in [7, 11) is 0. The molecule has 0 aromatic carbocycles. The number of carboxylic acid groups (broad SMARTS) is 1. The molecule has 0 aliphatic carbocycles. The molecule has 6 heteroatoms. The van der Waals surface area contributed by atoms with Crippen molar-refractivity contribution in [2.45, 2.75) is 33.7 Å². The predicted octanol–water partition coefficient (Wildman–Crippen LogP) is 3.31. The van der Waals surface area contributed by atoms with Gasteiger partial charge >= 0.3 is 5.97 Å². The highest BCUT2D eigenvalue weighted by Crippen LogP contribution is 2.36. The first-order valence-corrected chi connectivity index (χ1v) is 8.65. The molecule has 3 heterocycles. The Balaban J connectivity index is 1.73. The van der Waals surface area contributed by atoms with E-state index >= 15 is 0 Å². The molecule has 0 bridgehead atoms. The molecule has 6 nitrogen and oxygen atoms in total. The van der Waals surface area contributed by atoms with Gasteiger partial charge in [-0.05, 0) is 29.9 Å². The summed E-state index contributed by atoms with van der Waals surface area (Å²) in [5, 5.41) is 13.6. The van der Waals surface area contributed by atoms with Crippen molar-refractivity contribution in [1.82, 2.24) is 15.0 Å². The van der Waals surface area contributed by atoms with Gasteiger partial charge in [-0.25, -0.2) is 0 Å². The van der Waals surface area contributed by atoms with Gasteiger partial charge in [-0.2, -0.15) is 0 Å². The maximum atomic E-state index is 11.5. The second kappa shape index (κ2) is 6.96. The summed E-state index contributed by atoms with van der Waals surface area (Å²) in [4.78, 5) is 18.0. The number of carbonyl (C=O) groups is 1. The highest BCUT2D eigenvalue weighted by molar-refractivity contribution is 5.70. The number of aromatic nitrogens is 2. The molecule has 0 saturated carbocycles. The predicted molar refractivity (Wildman–Crippen MR) is 93.7 cm³/mol. The Morgan fingerprint density at radius 3 is 2.80 bits per heavy atom. The SMILES string of the molecule is CC(C)(C)C1CC(C(=O)O)CN(Cc2cc(-c3ccccn3)on2)C1. The van der Waals surface area contributed by atoms with E-state index in [4.69, 9.17) is 4.52 Å². The average molecular weight is 343 g/mol. The van der Waals surface area contributed by atoms with E-state index in [0.29, 0.717) is 24.8 Å². The Morgan fingerprint density at radius 2 is 2.16 bits per heavy atom. The summed E-state index contributed by atoms with van der Waals surface area (Å²) < 4.78 is 5.41. The second-order valence-corrected chi connectivity index (χ2v) is 7.93. The Morgan fingerprint density at radius 1 is 1.36 bits per heavy atom. The van der Waals surface area contributed by atoms with Gasteiger partial charge in [0.2, 0.25) is 0 Å². The average Bonchev–Trinajstić information content (AvgIpc) is 3.03. The minimum absolute atomic E-state index is 0.0787. The molecule has 2 aromatic rings. The van der Waals surface area contributed by atoms with E-state index < -0.39 is 5.97 Å². The molecule has 0 radical (unpaired) electrons. The van der Waals surface area contributed by atoms with Crippen LogP contribution in [-0.4, -0.2) is 39.2 Å². The summed E-state index contributed by atoms with van der Waals surface area (Å²) in [6, 6.07) is 7.52. The van der Waals surface area contributed by atoms with Gasteiger partial charge in [0, 0.05) is 31.9 Å². The molecular formula is C19H25N3O3. The number of hydrogen-bond donors (Lipinski definition) is 1. The monoisotopic (exact) mass is 343 g/mol. The van der Waals surface area contributed by atoms with Gasteiger partial charge < -0.3 is 9.63 Å². The van der Waals surface area contributed by atoms with Crippen LogP contribution in [0.3, 0.4) is 0 Å². The van der Waals surface area contributed by atoms with Gasteiger partial charge in [0.25, 0.3) is 0 Å². The first kappa shape index (κ1) is 17.6. The van der Waals surface area contributed by atoms with Crippen LogP contribution in [0, 0.1) is 17.3 Å². The van der Waals surface area contributed by atoms with Gasteiger partial charge in [-0.15, -0.1) is 0 Å². The lowest BCUT2D eigenvalue weighted by atomic mass is 9.73. The first-order valence-electron chi connectivity index (χ1n) is 8.65. The van der Waals surface area contributed by atoms with Gasteiger partial charge in [-0.3, -0.25) is 14.7 Å². The summed E-state index contributed by atoms with van der Waals surface area (Å²) in [5.74, 6) is -0.0762. The summed E-state index contributed by atoms with van der Waals surface area (Å²) in [5.41, 5.74) is 1.63. The molecule has 1 aliphatic heterocycles. The Bertz CT molecular complexity index is 721. The minimum Gasteiger partial charge on any atom is -0.481 e. The lowest BCUT2D eigenvalue weighted by Gasteiger charge is -2.41. The number of rotatable bonds is 4. The van der Waals surface area contributed by atoms with E-state index in [1.54, 1.807) is 6.20 Å². The van der Waals surface area contributed by atoms with Gasteiger partial charge in [0.05, 0.1) is 11.6 Å². The number of nitrogens with zero attached hydrogens (tertiary/aromatic N) is 3. The van der Waals surface area contributed by atoms with Crippen LogP contribution in [0.25, 0.3) is 11.5 Å².